The Morgan fingerprint density at radius 1 is 1.47 bits per heavy atom. The van der Waals surface area contributed by atoms with E-state index in [4.69, 9.17) is 11.6 Å². The summed E-state index contributed by atoms with van der Waals surface area (Å²) in [5.41, 5.74) is 3.30. The highest BCUT2D eigenvalue weighted by Gasteiger charge is 2.12. The third-order valence-electron chi connectivity index (χ3n) is 3.43. The first-order valence-corrected chi connectivity index (χ1v) is 8.52. The standard InChI is InChI=1S/C14H19ClN2OS/c1-10-4-5-12-13(8-10)17(14(9-15)16-12)7-6-11(2)19(3)18/h4-5,8,11H,6-7,9H2,1-3H3. The van der Waals surface area contributed by atoms with Gasteiger partial charge in [0, 0.05) is 28.9 Å². The molecular weight excluding hydrogens is 280 g/mol. The molecule has 0 radical (unpaired) electrons. The Morgan fingerprint density at radius 2 is 2.21 bits per heavy atom. The molecule has 1 aromatic carbocycles. The lowest BCUT2D eigenvalue weighted by Gasteiger charge is -2.11. The highest BCUT2D eigenvalue weighted by molar-refractivity contribution is 7.84. The molecule has 2 aromatic rings. The van der Waals surface area contributed by atoms with Crippen LogP contribution >= 0.6 is 11.6 Å². The molecule has 0 N–H and O–H groups in total. The van der Waals surface area contributed by atoms with Crippen LogP contribution in [0.2, 0.25) is 0 Å². The van der Waals surface area contributed by atoms with Crippen LogP contribution in [0.15, 0.2) is 18.2 Å². The number of rotatable bonds is 5. The lowest BCUT2D eigenvalue weighted by Crippen LogP contribution is -2.14. The number of halogens is 1. The van der Waals surface area contributed by atoms with E-state index >= 15 is 0 Å². The number of alkyl halides is 1. The van der Waals surface area contributed by atoms with Crippen molar-refractivity contribution in [3.8, 4) is 0 Å². The maximum atomic E-state index is 11.4. The van der Waals surface area contributed by atoms with E-state index in [1.807, 2.05) is 13.0 Å². The number of imidazole rings is 1. The Morgan fingerprint density at radius 3 is 2.84 bits per heavy atom. The maximum Gasteiger partial charge on any atom is 0.124 e. The second-order valence-electron chi connectivity index (χ2n) is 4.90. The predicted octanol–water partition coefficient (Wildman–Crippen LogP) is 3.24. The lowest BCUT2D eigenvalue weighted by molar-refractivity contribution is 0.617. The van der Waals surface area contributed by atoms with Crippen LogP contribution in [-0.2, 0) is 23.2 Å². The molecule has 0 fully saturated rings. The van der Waals surface area contributed by atoms with E-state index < -0.39 is 10.8 Å². The Hall–Kier alpha value is -0.870. The summed E-state index contributed by atoms with van der Waals surface area (Å²) in [5, 5.41) is 0.186. The summed E-state index contributed by atoms with van der Waals surface area (Å²) in [6.07, 6.45) is 2.62. The van der Waals surface area contributed by atoms with Gasteiger partial charge in [0.15, 0.2) is 0 Å². The van der Waals surface area contributed by atoms with Crippen molar-refractivity contribution in [3.63, 3.8) is 0 Å². The molecular formula is C14H19ClN2OS. The van der Waals surface area contributed by atoms with E-state index in [0.29, 0.717) is 5.88 Å². The third-order valence-corrected chi connectivity index (χ3v) is 5.04. The van der Waals surface area contributed by atoms with Crippen LogP contribution in [0.5, 0.6) is 0 Å². The second kappa shape index (κ2) is 6.06. The summed E-state index contributed by atoms with van der Waals surface area (Å²) < 4.78 is 13.6. The van der Waals surface area contributed by atoms with Gasteiger partial charge >= 0.3 is 0 Å². The van der Waals surface area contributed by atoms with Crippen molar-refractivity contribution in [1.82, 2.24) is 9.55 Å². The van der Waals surface area contributed by atoms with E-state index in [2.05, 4.69) is 28.6 Å². The quantitative estimate of drug-likeness (QED) is 0.794. The van der Waals surface area contributed by atoms with Gasteiger partial charge < -0.3 is 4.57 Å². The SMILES string of the molecule is Cc1ccc2nc(CCl)n(CCC(C)S(C)=O)c2c1. The molecule has 3 nitrogen and oxygen atoms in total. The van der Waals surface area contributed by atoms with Crippen LogP contribution in [0.1, 0.15) is 24.7 Å². The van der Waals surface area contributed by atoms with Crippen molar-refractivity contribution in [2.75, 3.05) is 6.26 Å². The van der Waals surface area contributed by atoms with E-state index in [0.717, 1.165) is 29.8 Å². The molecule has 19 heavy (non-hydrogen) atoms. The first kappa shape index (κ1) is 14.5. The molecule has 2 rings (SSSR count). The molecule has 0 bridgehead atoms. The summed E-state index contributed by atoms with van der Waals surface area (Å²) in [7, 11) is -0.785. The summed E-state index contributed by atoms with van der Waals surface area (Å²) in [4.78, 5) is 4.55. The average Bonchev–Trinajstić information content (AvgIpc) is 2.72. The molecule has 0 aliphatic heterocycles. The lowest BCUT2D eigenvalue weighted by atomic mass is 10.2. The number of fused-ring (bicyclic) bond motifs is 1. The van der Waals surface area contributed by atoms with E-state index in [-0.39, 0.29) is 5.25 Å². The smallest absolute Gasteiger partial charge is 0.124 e. The van der Waals surface area contributed by atoms with Crippen molar-refractivity contribution >= 4 is 33.4 Å². The van der Waals surface area contributed by atoms with Crippen LogP contribution in [0.4, 0.5) is 0 Å². The van der Waals surface area contributed by atoms with Crippen molar-refractivity contribution in [2.45, 2.75) is 37.9 Å². The van der Waals surface area contributed by atoms with Gasteiger partial charge in [-0.1, -0.05) is 13.0 Å². The van der Waals surface area contributed by atoms with Gasteiger partial charge in [-0.2, -0.15) is 0 Å². The zero-order valence-electron chi connectivity index (χ0n) is 11.5. The summed E-state index contributed by atoms with van der Waals surface area (Å²) in [5.74, 6) is 1.29. The first-order chi connectivity index (χ1) is 9.02. The van der Waals surface area contributed by atoms with Gasteiger partial charge in [0.2, 0.25) is 0 Å². The highest BCUT2D eigenvalue weighted by atomic mass is 35.5. The minimum Gasteiger partial charge on any atom is -0.327 e. The monoisotopic (exact) mass is 298 g/mol. The van der Waals surface area contributed by atoms with Gasteiger partial charge in [0.1, 0.15) is 5.82 Å². The van der Waals surface area contributed by atoms with E-state index in [1.165, 1.54) is 5.56 Å². The molecule has 0 saturated heterocycles. The minimum absolute atomic E-state index is 0.186. The Bertz CT molecular complexity index is 609. The summed E-state index contributed by atoms with van der Waals surface area (Å²) in [6.45, 7) is 4.89. The van der Waals surface area contributed by atoms with Crippen molar-refractivity contribution in [2.24, 2.45) is 0 Å². The minimum atomic E-state index is -0.785. The fourth-order valence-electron chi connectivity index (χ4n) is 2.11. The maximum absolute atomic E-state index is 11.4. The van der Waals surface area contributed by atoms with Crippen molar-refractivity contribution in [3.05, 3.63) is 29.6 Å². The Kier molecular flexibility index (Phi) is 4.63. The zero-order valence-corrected chi connectivity index (χ0v) is 13.1. The van der Waals surface area contributed by atoms with Crippen molar-refractivity contribution in [1.29, 1.82) is 0 Å². The number of aryl methyl sites for hydroxylation is 2. The zero-order chi connectivity index (χ0) is 14.0. The van der Waals surface area contributed by atoms with Gasteiger partial charge in [-0.25, -0.2) is 4.98 Å². The molecule has 1 aromatic heterocycles. The topological polar surface area (TPSA) is 34.9 Å². The Labute approximate surface area is 121 Å². The number of hydrogen-bond acceptors (Lipinski definition) is 2. The molecule has 2 atom stereocenters. The van der Waals surface area contributed by atoms with Gasteiger partial charge in [0.25, 0.3) is 0 Å². The normalized spacial score (nSPS) is 14.7. The molecule has 1 heterocycles. The molecule has 5 heteroatoms. The van der Waals surface area contributed by atoms with Gasteiger partial charge in [-0.15, -0.1) is 11.6 Å². The second-order valence-corrected chi connectivity index (χ2v) is 6.97. The van der Waals surface area contributed by atoms with E-state index in [9.17, 15) is 4.21 Å². The van der Waals surface area contributed by atoms with Gasteiger partial charge in [0.05, 0.1) is 16.9 Å². The number of hydrogen-bond donors (Lipinski definition) is 0. The predicted molar refractivity (Wildman–Crippen MR) is 82.2 cm³/mol. The van der Waals surface area contributed by atoms with Gasteiger partial charge in [-0.3, -0.25) is 4.21 Å². The van der Waals surface area contributed by atoms with Crippen molar-refractivity contribution < 1.29 is 4.21 Å². The highest BCUT2D eigenvalue weighted by Crippen LogP contribution is 2.20. The first-order valence-electron chi connectivity index (χ1n) is 6.37. The number of aromatic nitrogens is 2. The van der Waals surface area contributed by atoms with Crippen LogP contribution in [-0.4, -0.2) is 25.3 Å². The molecule has 0 saturated carbocycles. The van der Waals surface area contributed by atoms with Crippen LogP contribution < -0.4 is 0 Å². The molecule has 0 aliphatic rings. The van der Waals surface area contributed by atoms with E-state index in [1.54, 1.807) is 6.26 Å². The molecule has 104 valence electrons. The van der Waals surface area contributed by atoms with Gasteiger partial charge in [-0.05, 0) is 31.0 Å². The Balaban J connectivity index is 2.34. The van der Waals surface area contributed by atoms with Crippen LogP contribution in [0.3, 0.4) is 0 Å². The van der Waals surface area contributed by atoms with Crippen LogP contribution in [0, 0.1) is 6.92 Å². The summed E-state index contributed by atoms with van der Waals surface area (Å²) >= 11 is 5.98. The summed E-state index contributed by atoms with van der Waals surface area (Å²) in [6, 6.07) is 6.21. The molecule has 0 spiro atoms. The average molecular weight is 299 g/mol. The molecule has 2 unspecified atom stereocenters. The molecule has 0 amide bonds. The molecule has 0 aliphatic carbocycles. The third kappa shape index (κ3) is 3.18. The number of benzene rings is 1. The number of nitrogens with zero attached hydrogens (tertiary/aromatic N) is 2. The fourth-order valence-corrected chi connectivity index (χ4v) is 2.75. The fraction of sp³-hybridized carbons (Fsp3) is 0.500. The largest absolute Gasteiger partial charge is 0.327 e. The van der Waals surface area contributed by atoms with Crippen LogP contribution in [0.25, 0.3) is 11.0 Å².